The predicted molar refractivity (Wildman–Crippen MR) is 89.9 cm³/mol. The van der Waals surface area contributed by atoms with Gasteiger partial charge in [-0.3, -0.25) is 4.79 Å². The summed E-state index contributed by atoms with van der Waals surface area (Å²) in [5.74, 6) is 3.98. The van der Waals surface area contributed by atoms with Crippen LogP contribution in [0, 0.1) is 0 Å². The molecule has 1 aromatic heterocycles. The molecule has 1 fully saturated rings. The summed E-state index contributed by atoms with van der Waals surface area (Å²) in [7, 11) is 0. The van der Waals surface area contributed by atoms with Crippen molar-refractivity contribution in [3.63, 3.8) is 0 Å². The lowest BCUT2D eigenvalue weighted by atomic mass is 10.1. The van der Waals surface area contributed by atoms with Crippen molar-refractivity contribution in [2.24, 2.45) is 0 Å². The van der Waals surface area contributed by atoms with Gasteiger partial charge in [0, 0.05) is 47.0 Å². The number of hydrogen-bond donors (Lipinski definition) is 1. The van der Waals surface area contributed by atoms with E-state index in [0.717, 1.165) is 26.1 Å². The third-order valence-electron chi connectivity index (χ3n) is 3.69. The molecule has 110 valence electrons. The molecule has 0 radical (unpaired) electrons. The van der Waals surface area contributed by atoms with Crippen LogP contribution in [0.4, 0.5) is 0 Å². The highest BCUT2D eigenvalue weighted by Crippen LogP contribution is 2.24. The summed E-state index contributed by atoms with van der Waals surface area (Å²) in [5, 5.41) is 6.15. The van der Waals surface area contributed by atoms with Gasteiger partial charge < -0.3 is 10.2 Å². The third kappa shape index (κ3) is 3.72. The number of amides is 1. The van der Waals surface area contributed by atoms with E-state index >= 15 is 0 Å². The molecule has 0 aliphatic carbocycles. The minimum atomic E-state index is 0.246. The smallest absolute Gasteiger partial charge is 0.236 e. The van der Waals surface area contributed by atoms with Crippen LogP contribution in [0.1, 0.15) is 10.4 Å². The lowest BCUT2D eigenvalue weighted by molar-refractivity contribution is -0.131. The van der Waals surface area contributed by atoms with E-state index in [9.17, 15) is 4.79 Å². The van der Waals surface area contributed by atoms with Crippen LogP contribution in [0.3, 0.4) is 0 Å². The minimum Gasteiger partial charge on any atom is -0.337 e. The maximum atomic E-state index is 12.2. The largest absolute Gasteiger partial charge is 0.337 e. The molecule has 0 saturated carbocycles. The van der Waals surface area contributed by atoms with E-state index < -0.39 is 0 Å². The van der Waals surface area contributed by atoms with Crippen molar-refractivity contribution in [3.05, 3.63) is 21.9 Å². The second-order valence-electron chi connectivity index (χ2n) is 5.13. The van der Waals surface area contributed by atoms with Gasteiger partial charge in [-0.25, -0.2) is 0 Å². The monoisotopic (exact) mass is 328 g/mol. The van der Waals surface area contributed by atoms with Crippen molar-refractivity contribution in [2.45, 2.75) is 18.2 Å². The Morgan fingerprint density at radius 3 is 3.25 bits per heavy atom. The summed E-state index contributed by atoms with van der Waals surface area (Å²) in [4.78, 5) is 15.7. The van der Waals surface area contributed by atoms with Gasteiger partial charge in [0.25, 0.3) is 0 Å². The van der Waals surface area contributed by atoms with Gasteiger partial charge >= 0.3 is 0 Å². The quantitative estimate of drug-likeness (QED) is 0.917. The molecule has 6 heteroatoms. The summed E-state index contributed by atoms with van der Waals surface area (Å²) >= 11 is 5.88. The molecular weight excluding hydrogens is 308 g/mol. The molecule has 2 aliphatic heterocycles. The molecule has 20 heavy (non-hydrogen) atoms. The second-order valence-corrected chi connectivity index (χ2v) is 8.69. The van der Waals surface area contributed by atoms with E-state index in [2.05, 4.69) is 16.8 Å². The van der Waals surface area contributed by atoms with E-state index in [1.807, 2.05) is 39.8 Å². The van der Waals surface area contributed by atoms with Gasteiger partial charge in [0.15, 0.2) is 0 Å². The zero-order chi connectivity index (χ0) is 13.8. The Balaban J connectivity index is 1.41. The lowest BCUT2D eigenvalue weighted by Gasteiger charge is -2.27. The Bertz CT molecular complexity index is 457. The van der Waals surface area contributed by atoms with Crippen LogP contribution in [-0.2, 0) is 17.8 Å². The van der Waals surface area contributed by atoms with Crippen molar-refractivity contribution in [1.29, 1.82) is 0 Å². The van der Waals surface area contributed by atoms with Crippen LogP contribution < -0.4 is 5.32 Å². The molecule has 2 aliphatic rings. The van der Waals surface area contributed by atoms with Crippen LogP contribution in [0.2, 0.25) is 0 Å². The van der Waals surface area contributed by atoms with Gasteiger partial charge in [-0.05, 0) is 23.4 Å². The molecule has 1 unspecified atom stereocenters. The van der Waals surface area contributed by atoms with Gasteiger partial charge in [-0.1, -0.05) is 0 Å². The van der Waals surface area contributed by atoms with Gasteiger partial charge in [0.2, 0.25) is 5.91 Å². The van der Waals surface area contributed by atoms with Crippen molar-refractivity contribution >= 4 is 40.8 Å². The maximum absolute atomic E-state index is 12.2. The number of nitrogens with zero attached hydrogens (tertiary/aromatic N) is 1. The minimum absolute atomic E-state index is 0.246. The molecule has 1 amide bonds. The SMILES string of the molecule is O=C(CNCC1CSCCS1)N1CCc2sccc2C1. The fraction of sp³-hybridized carbons (Fsp3) is 0.643. The Morgan fingerprint density at radius 2 is 2.40 bits per heavy atom. The summed E-state index contributed by atoms with van der Waals surface area (Å²) in [6.45, 7) is 3.12. The van der Waals surface area contributed by atoms with Crippen molar-refractivity contribution in [3.8, 4) is 0 Å². The molecule has 0 spiro atoms. The number of fused-ring (bicyclic) bond motifs is 1. The number of thioether (sulfide) groups is 2. The fourth-order valence-corrected chi connectivity index (χ4v) is 6.10. The summed E-state index contributed by atoms with van der Waals surface area (Å²) in [6, 6.07) is 2.16. The highest BCUT2D eigenvalue weighted by atomic mass is 32.2. The van der Waals surface area contributed by atoms with E-state index in [-0.39, 0.29) is 5.91 Å². The van der Waals surface area contributed by atoms with Crippen LogP contribution in [-0.4, -0.2) is 52.9 Å². The highest BCUT2D eigenvalue weighted by molar-refractivity contribution is 8.06. The Kier molecular flexibility index (Phi) is 5.31. The highest BCUT2D eigenvalue weighted by Gasteiger charge is 2.21. The molecule has 3 nitrogen and oxygen atoms in total. The molecule has 1 saturated heterocycles. The zero-order valence-corrected chi connectivity index (χ0v) is 13.9. The standard InChI is InChI=1S/C14H20N2OS3/c17-14(8-15-7-12-10-18-5-6-19-12)16-3-1-13-11(9-16)2-4-20-13/h2,4,12,15H,1,3,5-10H2. The Hall–Kier alpha value is -0.170. The number of thiophene rings is 1. The molecule has 0 aromatic carbocycles. The summed E-state index contributed by atoms with van der Waals surface area (Å²) < 4.78 is 0. The van der Waals surface area contributed by atoms with Crippen LogP contribution >= 0.6 is 34.9 Å². The molecule has 0 bridgehead atoms. The number of carbonyl (C=O) groups is 1. The molecule has 1 aromatic rings. The number of carbonyl (C=O) groups excluding carboxylic acids is 1. The molecule has 3 rings (SSSR count). The number of rotatable bonds is 4. The second kappa shape index (κ2) is 7.20. The summed E-state index contributed by atoms with van der Waals surface area (Å²) in [6.07, 6.45) is 1.02. The van der Waals surface area contributed by atoms with Crippen LogP contribution in [0.5, 0.6) is 0 Å². The van der Waals surface area contributed by atoms with Crippen LogP contribution in [0.25, 0.3) is 0 Å². The molecule has 1 N–H and O–H groups in total. The average molecular weight is 329 g/mol. The Morgan fingerprint density at radius 1 is 1.45 bits per heavy atom. The maximum Gasteiger partial charge on any atom is 0.236 e. The van der Waals surface area contributed by atoms with E-state index in [1.54, 1.807) is 0 Å². The molecular formula is C14H20N2OS3. The third-order valence-corrected chi connectivity index (χ3v) is 7.56. The summed E-state index contributed by atoms with van der Waals surface area (Å²) in [5.41, 5.74) is 1.34. The van der Waals surface area contributed by atoms with Gasteiger partial charge in [-0.15, -0.1) is 11.3 Å². The topological polar surface area (TPSA) is 32.3 Å². The lowest BCUT2D eigenvalue weighted by Crippen LogP contribution is -2.42. The van der Waals surface area contributed by atoms with Gasteiger partial charge in [-0.2, -0.15) is 23.5 Å². The van der Waals surface area contributed by atoms with E-state index in [4.69, 9.17) is 0 Å². The molecule has 3 heterocycles. The van der Waals surface area contributed by atoms with E-state index in [0.29, 0.717) is 11.8 Å². The van der Waals surface area contributed by atoms with Crippen molar-refractivity contribution < 1.29 is 4.79 Å². The van der Waals surface area contributed by atoms with E-state index in [1.165, 1.54) is 27.7 Å². The van der Waals surface area contributed by atoms with Crippen molar-refractivity contribution in [2.75, 3.05) is 36.9 Å². The first-order chi connectivity index (χ1) is 9.83. The first-order valence-electron chi connectivity index (χ1n) is 7.06. The number of nitrogens with one attached hydrogen (secondary N) is 1. The molecule has 1 atom stereocenters. The average Bonchev–Trinajstić information content (AvgIpc) is 2.95. The fourth-order valence-electron chi connectivity index (χ4n) is 2.57. The predicted octanol–water partition coefficient (Wildman–Crippen LogP) is 2.07. The van der Waals surface area contributed by atoms with Gasteiger partial charge in [0.05, 0.1) is 6.54 Å². The first-order valence-corrected chi connectivity index (χ1v) is 10.1. The van der Waals surface area contributed by atoms with Gasteiger partial charge in [0.1, 0.15) is 0 Å². The normalized spacial score (nSPS) is 22.6. The first kappa shape index (κ1) is 14.8. The Labute approximate surface area is 132 Å². The number of hydrogen-bond acceptors (Lipinski definition) is 5. The van der Waals surface area contributed by atoms with Crippen molar-refractivity contribution in [1.82, 2.24) is 10.2 Å². The van der Waals surface area contributed by atoms with Crippen LogP contribution in [0.15, 0.2) is 11.4 Å². The zero-order valence-electron chi connectivity index (χ0n) is 11.5.